The summed E-state index contributed by atoms with van der Waals surface area (Å²) in [7, 11) is 7.47. The van der Waals surface area contributed by atoms with Crippen LogP contribution in [-0.2, 0) is 4.74 Å². The molecule has 0 spiro atoms. The highest BCUT2D eigenvalue weighted by atomic mass is 16.5. The SMILES string of the molecule is [B]C1CNCC(COC)C1. The van der Waals surface area contributed by atoms with Gasteiger partial charge in [0, 0.05) is 13.7 Å². The zero-order chi connectivity index (χ0) is 7.40. The van der Waals surface area contributed by atoms with Crippen molar-refractivity contribution in [3.8, 4) is 0 Å². The van der Waals surface area contributed by atoms with Crippen LogP contribution in [0.3, 0.4) is 0 Å². The van der Waals surface area contributed by atoms with Crippen molar-refractivity contribution in [2.24, 2.45) is 5.92 Å². The lowest BCUT2D eigenvalue weighted by atomic mass is 9.77. The Balaban J connectivity index is 2.18. The fourth-order valence-electron chi connectivity index (χ4n) is 1.43. The van der Waals surface area contributed by atoms with Crippen molar-refractivity contribution in [3.05, 3.63) is 0 Å². The topological polar surface area (TPSA) is 21.3 Å². The van der Waals surface area contributed by atoms with Crippen molar-refractivity contribution < 1.29 is 4.74 Å². The quantitative estimate of drug-likeness (QED) is 0.551. The van der Waals surface area contributed by atoms with Gasteiger partial charge in [-0.1, -0.05) is 12.2 Å². The molecule has 2 atom stereocenters. The highest BCUT2D eigenvalue weighted by molar-refractivity contribution is 6.11. The van der Waals surface area contributed by atoms with Gasteiger partial charge in [-0.05, 0) is 12.5 Å². The maximum atomic E-state index is 5.74. The first-order valence-electron chi connectivity index (χ1n) is 3.78. The molecule has 0 aromatic carbocycles. The highest BCUT2D eigenvalue weighted by Crippen LogP contribution is 2.17. The maximum Gasteiger partial charge on any atom is 0.0716 e. The molecule has 1 fully saturated rings. The van der Waals surface area contributed by atoms with Gasteiger partial charge in [-0.3, -0.25) is 0 Å². The van der Waals surface area contributed by atoms with Crippen molar-refractivity contribution in [2.45, 2.75) is 12.2 Å². The standard InChI is InChI=1S/C7H14BNO/c1-10-5-6-2-7(8)4-9-3-6/h6-7,9H,2-5H2,1H3. The second-order valence-corrected chi connectivity index (χ2v) is 2.98. The highest BCUT2D eigenvalue weighted by Gasteiger charge is 2.17. The van der Waals surface area contributed by atoms with E-state index in [1.165, 1.54) is 0 Å². The number of hydrogen-bond acceptors (Lipinski definition) is 2. The summed E-state index contributed by atoms with van der Waals surface area (Å²) in [6, 6.07) is 0. The molecule has 0 amide bonds. The number of methoxy groups -OCH3 is 1. The summed E-state index contributed by atoms with van der Waals surface area (Å²) in [6.07, 6.45) is 1.10. The Morgan fingerprint density at radius 1 is 1.60 bits per heavy atom. The average molecular weight is 139 g/mol. The number of piperidine rings is 1. The summed E-state index contributed by atoms with van der Waals surface area (Å²) >= 11 is 0. The largest absolute Gasteiger partial charge is 0.384 e. The first kappa shape index (κ1) is 8.09. The van der Waals surface area contributed by atoms with Crippen LogP contribution in [0.5, 0.6) is 0 Å². The monoisotopic (exact) mass is 139 g/mol. The molecule has 1 aliphatic rings. The smallest absolute Gasteiger partial charge is 0.0716 e. The van der Waals surface area contributed by atoms with E-state index in [0.717, 1.165) is 26.1 Å². The lowest BCUT2D eigenvalue weighted by molar-refractivity contribution is 0.138. The van der Waals surface area contributed by atoms with Crippen LogP contribution in [0.1, 0.15) is 6.42 Å². The molecule has 1 aliphatic heterocycles. The van der Waals surface area contributed by atoms with Crippen LogP contribution in [0.15, 0.2) is 0 Å². The zero-order valence-electron chi connectivity index (χ0n) is 6.47. The minimum absolute atomic E-state index is 0.328. The van der Waals surface area contributed by atoms with Gasteiger partial charge in [-0.2, -0.15) is 0 Å². The molecule has 10 heavy (non-hydrogen) atoms. The molecule has 1 saturated heterocycles. The Morgan fingerprint density at radius 2 is 2.40 bits per heavy atom. The minimum Gasteiger partial charge on any atom is -0.384 e. The number of hydrogen-bond donors (Lipinski definition) is 1. The van der Waals surface area contributed by atoms with Crippen LogP contribution in [0.4, 0.5) is 0 Å². The van der Waals surface area contributed by atoms with E-state index in [0.29, 0.717) is 11.7 Å². The van der Waals surface area contributed by atoms with Crippen molar-refractivity contribution in [3.63, 3.8) is 0 Å². The summed E-state index contributed by atoms with van der Waals surface area (Å²) in [4.78, 5) is 0. The van der Waals surface area contributed by atoms with E-state index < -0.39 is 0 Å². The molecule has 2 radical (unpaired) electrons. The van der Waals surface area contributed by atoms with E-state index in [1.807, 2.05) is 0 Å². The fourth-order valence-corrected chi connectivity index (χ4v) is 1.43. The van der Waals surface area contributed by atoms with Crippen LogP contribution in [-0.4, -0.2) is 34.7 Å². The van der Waals surface area contributed by atoms with Gasteiger partial charge in [0.05, 0.1) is 14.5 Å². The Kier molecular flexibility index (Phi) is 3.22. The van der Waals surface area contributed by atoms with Gasteiger partial charge in [0.2, 0.25) is 0 Å². The third-order valence-electron chi connectivity index (χ3n) is 1.88. The third kappa shape index (κ3) is 2.31. The molecule has 0 aromatic heterocycles. The van der Waals surface area contributed by atoms with Crippen LogP contribution < -0.4 is 5.32 Å². The molecule has 0 aliphatic carbocycles. The van der Waals surface area contributed by atoms with Gasteiger partial charge < -0.3 is 10.1 Å². The van der Waals surface area contributed by atoms with Crippen molar-refractivity contribution in [1.29, 1.82) is 0 Å². The molecule has 1 N–H and O–H groups in total. The third-order valence-corrected chi connectivity index (χ3v) is 1.88. The van der Waals surface area contributed by atoms with Crippen molar-refractivity contribution >= 4 is 7.85 Å². The van der Waals surface area contributed by atoms with Crippen molar-refractivity contribution in [1.82, 2.24) is 5.32 Å². The Bertz CT molecular complexity index is 97.6. The van der Waals surface area contributed by atoms with E-state index >= 15 is 0 Å². The Morgan fingerprint density at radius 3 is 3.00 bits per heavy atom. The number of nitrogens with one attached hydrogen (secondary N) is 1. The van der Waals surface area contributed by atoms with Crippen LogP contribution in [0.2, 0.25) is 5.82 Å². The summed E-state index contributed by atoms with van der Waals surface area (Å²) in [6.45, 7) is 2.85. The molecule has 2 unspecified atom stereocenters. The second-order valence-electron chi connectivity index (χ2n) is 2.98. The van der Waals surface area contributed by atoms with E-state index in [4.69, 9.17) is 12.6 Å². The van der Waals surface area contributed by atoms with Gasteiger partial charge in [0.15, 0.2) is 0 Å². The van der Waals surface area contributed by atoms with Crippen LogP contribution >= 0.6 is 0 Å². The molecule has 3 heteroatoms. The summed E-state index contributed by atoms with van der Waals surface area (Å²) in [5, 5.41) is 3.26. The summed E-state index contributed by atoms with van der Waals surface area (Å²) < 4.78 is 5.03. The summed E-state index contributed by atoms with van der Waals surface area (Å²) in [5.74, 6) is 0.947. The average Bonchev–Trinajstić information content (AvgIpc) is 1.88. The van der Waals surface area contributed by atoms with Gasteiger partial charge >= 0.3 is 0 Å². The van der Waals surface area contributed by atoms with Gasteiger partial charge in [-0.15, -0.1) is 0 Å². The molecule has 1 heterocycles. The molecule has 0 bridgehead atoms. The predicted molar refractivity (Wildman–Crippen MR) is 42.4 cm³/mol. The van der Waals surface area contributed by atoms with Gasteiger partial charge in [0.1, 0.15) is 0 Å². The Hall–Kier alpha value is -0.0151. The van der Waals surface area contributed by atoms with E-state index in [1.54, 1.807) is 7.11 Å². The maximum absolute atomic E-state index is 5.74. The summed E-state index contributed by atoms with van der Waals surface area (Å²) in [5.41, 5.74) is 0. The molecule has 2 nitrogen and oxygen atoms in total. The van der Waals surface area contributed by atoms with E-state index in [-0.39, 0.29) is 0 Å². The first-order chi connectivity index (χ1) is 4.83. The lowest BCUT2D eigenvalue weighted by Gasteiger charge is -2.27. The number of rotatable bonds is 2. The van der Waals surface area contributed by atoms with Gasteiger partial charge in [-0.25, -0.2) is 0 Å². The fraction of sp³-hybridized carbons (Fsp3) is 1.00. The second kappa shape index (κ2) is 3.99. The van der Waals surface area contributed by atoms with E-state index in [2.05, 4.69) is 5.32 Å². The lowest BCUT2D eigenvalue weighted by Crippen LogP contribution is -2.35. The van der Waals surface area contributed by atoms with Crippen LogP contribution in [0, 0.1) is 5.92 Å². The zero-order valence-corrected chi connectivity index (χ0v) is 6.47. The van der Waals surface area contributed by atoms with Crippen molar-refractivity contribution in [2.75, 3.05) is 26.8 Å². The molecular formula is C7H14BNO. The Labute approximate surface area is 63.7 Å². The molecule has 1 rings (SSSR count). The predicted octanol–water partition coefficient (Wildman–Crippen LogP) is 0.199. The molecule has 0 saturated carbocycles. The molecule has 0 aromatic rings. The minimum atomic E-state index is 0.328. The molecule has 56 valence electrons. The molecular weight excluding hydrogens is 125 g/mol. The van der Waals surface area contributed by atoms with Crippen LogP contribution in [0.25, 0.3) is 0 Å². The van der Waals surface area contributed by atoms with E-state index in [9.17, 15) is 0 Å². The number of ether oxygens (including phenoxy) is 1. The van der Waals surface area contributed by atoms with Gasteiger partial charge in [0.25, 0.3) is 0 Å². The normalized spacial score (nSPS) is 34.1. The first-order valence-corrected chi connectivity index (χ1v) is 3.78.